The van der Waals surface area contributed by atoms with Gasteiger partial charge in [0.1, 0.15) is 18.3 Å². The zero-order valence-electron chi connectivity index (χ0n) is 9.65. The predicted molar refractivity (Wildman–Crippen MR) is 57.5 cm³/mol. The molecule has 0 radical (unpaired) electrons. The zero-order chi connectivity index (χ0) is 13.3. The van der Waals surface area contributed by atoms with Gasteiger partial charge in [0.2, 0.25) is 0 Å². The van der Waals surface area contributed by atoms with Gasteiger partial charge in [0.25, 0.3) is 0 Å². The Morgan fingerprint density at radius 1 is 1.33 bits per heavy atom. The smallest absolute Gasteiger partial charge is 0.319 e. The lowest BCUT2D eigenvalue weighted by atomic mass is 10.1. The lowest BCUT2D eigenvalue weighted by Gasteiger charge is -2.28. The molecule has 2 heterocycles. The van der Waals surface area contributed by atoms with Crippen molar-refractivity contribution in [2.75, 3.05) is 19.7 Å². The molecule has 0 aliphatic carbocycles. The Morgan fingerprint density at radius 2 is 2.06 bits per heavy atom. The van der Waals surface area contributed by atoms with Gasteiger partial charge in [-0.3, -0.25) is 9.69 Å². The molecule has 18 heavy (non-hydrogen) atoms. The highest BCUT2D eigenvalue weighted by molar-refractivity contribution is 5.88. The molecular formula is C10H16N2O6. The van der Waals surface area contributed by atoms with Crippen LogP contribution in [0.5, 0.6) is 0 Å². The number of aliphatic hydroxyl groups excluding tert-OH is 3. The number of nitrogens with one attached hydrogen (secondary N) is 1. The van der Waals surface area contributed by atoms with E-state index in [1.807, 2.05) is 0 Å². The molecule has 0 aromatic carbocycles. The Balaban J connectivity index is 2.14. The third kappa shape index (κ3) is 2.32. The van der Waals surface area contributed by atoms with Gasteiger partial charge in [-0.15, -0.1) is 0 Å². The predicted octanol–water partition coefficient (Wildman–Crippen LogP) is -2.59. The van der Waals surface area contributed by atoms with Gasteiger partial charge in [0, 0.05) is 13.0 Å². The normalized spacial score (nSPS) is 37.6. The van der Waals surface area contributed by atoms with Crippen molar-refractivity contribution in [3.8, 4) is 0 Å². The van der Waals surface area contributed by atoms with Crippen molar-refractivity contribution in [2.45, 2.75) is 31.0 Å². The van der Waals surface area contributed by atoms with Crippen LogP contribution >= 0.6 is 0 Å². The second kappa shape index (κ2) is 5.19. The number of aliphatic hydroxyl groups is 3. The van der Waals surface area contributed by atoms with Crippen molar-refractivity contribution in [1.29, 1.82) is 0 Å². The minimum atomic E-state index is -1.35. The van der Waals surface area contributed by atoms with E-state index in [0.29, 0.717) is 0 Å². The number of ether oxygens (including phenoxy) is 1. The number of nitrogens with zero attached hydrogens (tertiary/aromatic N) is 1. The maximum Gasteiger partial charge on any atom is 0.319 e. The summed E-state index contributed by atoms with van der Waals surface area (Å²) in [7, 11) is 0. The second-order valence-corrected chi connectivity index (χ2v) is 4.38. The minimum absolute atomic E-state index is 0.161. The Morgan fingerprint density at radius 3 is 2.67 bits per heavy atom. The quantitative estimate of drug-likeness (QED) is 0.432. The first-order valence-corrected chi connectivity index (χ1v) is 5.73. The number of amides is 2. The van der Waals surface area contributed by atoms with Crippen LogP contribution in [0.3, 0.4) is 0 Å². The van der Waals surface area contributed by atoms with Gasteiger partial charge in [0.15, 0.2) is 12.0 Å². The van der Waals surface area contributed by atoms with Gasteiger partial charge in [0.05, 0.1) is 13.2 Å². The van der Waals surface area contributed by atoms with Crippen molar-refractivity contribution >= 4 is 11.8 Å². The molecular weight excluding hydrogens is 244 g/mol. The van der Waals surface area contributed by atoms with Gasteiger partial charge in [-0.25, -0.2) is 4.79 Å². The molecule has 2 rings (SSSR count). The van der Waals surface area contributed by atoms with Crippen molar-refractivity contribution < 1.29 is 29.6 Å². The summed E-state index contributed by atoms with van der Waals surface area (Å²) in [6.45, 7) is -0.417. The number of carbonyl (C=O) groups excluding carboxylic acids is 2. The van der Waals surface area contributed by atoms with Crippen molar-refractivity contribution in [2.24, 2.45) is 0 Å². The van der Waals surface area contributed by atoms with Crippen molar-refractivity contribution in [1.82, 2.24) is 10.2 Å². The van der Waals surface area contributed by atoms with E-state index in [0.717, 1.165) is 4.90 Å². The molecule has 4 atom stereocenters. The lowest BCUT2D eigenvalue weighted by Crippen LogP contribution is -2.51. The number of Topliss-reactive ketones (excluding diaryl/α,β-unsaturated/α-hetero) is 1. The molecule has 2 aliphatic rings. The van der Waals surface area contributed by atoms with Crippen LogP contribution in [0.15, 0.2) is 0 Å². The van der Waals surface area contributed by atoms with Gasteiger partial charge in [-0.05, 0) is 0 Å². The van der Waals surface area contributed by atoms with E-state index in [9.17, 15) is 19.8 Å². The van der Waals surface area contributed by atoms with Crippen LogP contribution in [0.4, 0.5) is 4.79 Å². The number of ketones is 1. The van der Waals surface area contributed by atoms with Crippen LogP contribution in [0, 0.1) is 0 Å². The largest absolute Gasteiger partial charge is 0.394 e. The highest BCUT2D eigenvalue weighted by Gasteiger charge is 2.47. The molecule has 102 valence electrons. The number of hydrogen-bond donors (Lipinski definition) is 4. The van der Waals surface area contributed by atoms with Gasteiger partial charge < -0.3 is 25.4 Å². The highest BCUT2D eigenvalue weighted by atomic mass is 16.6. The SMILES string of the molecule is O=C1CCNC(=O)N([C@@H]2O[C@H](CO)[C@@H](O)[C@H]2O)C1. The molecule has 2 saturated heterocycles. The monoisotopic (exact) mass is 260 g/mol. The lowest BCUT2D eigenvalue weighted by molar-refractivity contribution is -0.124. The van der Waals surface area contributed by atoms with Gasteiger partial charge >= 0.3 is 6.03 Å². The van der Waals surface area contributed by atoms with Crippen LogP contribution in [-0.2, 0) is 9.53 Å². The average Bonchev–Trinajstić information content (AvgIpc) is 2.51. The summed E-state index contributed by atoms with van der Waals surface area (Å²) >= 11 is 0. The molecule has 8 nitrogen and oxygen atoms in total. The Hall–Kier alpha value is -1.22. The summed E-state index contributed by atoms with van der Waals surface area (Å²) in [5.74, 6) is -0.161. The molecule has 8 heteroatoms. The first-order valence-electron chi connectivity index (χ1n) is 5.73. The third-order valence-corrected chi connectivity index (χ3v) is 3.11. The zero-order valence-corrected chi connectivity index (χ0v) is 9.65. The number of hydrogen-bond acceptors (Lipinski definition) is 6. The molecule has 0 unspecified atom stereocenters. The summed E-state index contributed by atoms with van der Waals surface area (Å²) in [6, 6.07) is -0.532. The van der Waals surface area contributed by atoms with E-state index in [2.05, 4.69) is 5.32 Å². The average molecular weight is 260 g/mol. The first kappa shape index (κ1) is 13.2. The summed E-state index contributed by atoms with van der Waals surface area (Å²) in [5.41, 5.74) is 0. The van der Waals surface area contributed by atoms with Crippen LogP contribution in [0.2, 0.25) is 0 Å². The summed E-state index contributed by atoms with van der Waals surface area (Å²) in [6.07, 6.45) is -4.50. The van der Waals surface area contributed by atoms with E-state index in [-0.39, 0.29) is 25.3 Å². The topological polar surface area (TPSA) is 119 Å². The Labute approximate surface area is 103 Å². The molecule has 0 saturated carbocycles. The highest BCUT2D eigenvalue weighted by Crippen LogP contribution is 2.24. The van der Waals surface area contributed by atoms with Crippen molar-refractivity contribution in [3.63, 3.8) is 0 Å². The molecule has 2 fully saturated rings. The third-order valence-electron chi connectivity index (χ3n) is 3.11. The minimum Gasteiger partial charge on any atom is -0.394 e. The van der Waals surface area contributed by atoms with E-state index in [1.54, 1.807) is 0 Å². The Kier molecular flexibility index (Phi) is 3.81. The molecule has 0 bridgehead atoms. The van der Waals surface area contributed by atoms with E-state index in [4.69, 9.17) is 9.84 Å². The number of urea groups is 1. The molecule has 0 aromatic rings. The van der Waals surface area contributed by atoms with E-state index >= 15 is 0 Å². The number of rotatable bonds is 2. The molecule has 0 spiro atoms. The maximum atomic E-state index is 11.7. The maximum absolute atomic E-state index is 11.7. The van der Waals surface area contributed by atoms with Crippen LogP contribution in [0.1, 0.15) is 6.42 Å². The molecule has 2 amide bonds. The fraction of sp³-hybridized carbons (Fsp3) is 0.800. The summed E-state index contributed by atoms with van der Waals surface area (Å²) in [4.78, 5) is 24.2. The van der Waals surface area contributed by atoms with Gasteiger partial charge in [-0.2, -0.15) is 0 Å². The summed E-state index contributed by atoms with van der Waals surface area (Å²) < 4.78 is 5.21. The van der Waals surface area contributed by atoms with Crippen LogP contribution in [-0.4, -0.2) is 76.3 Å². The first-order chi connectivity index (χ1) is 8.54. The fourth-order valence-corrected chi connectivity index (χ4v) is 2.09. The van der Waals surface area contributed by atoms with Crippen LogP contribution < -0.4 is 5.32 Å². The standard InChI is InChI=1S/C10H16N2O6/c13-4-6-7(15)8(16)9(18-6)12-3-5(14)1-2-11-10(12)17/h6-9,13,15-16H,1-4H2,(H,11,17)/t6-,7-,8-,9-/m1/s1. The number of carbonyl (C=O) groups is 2. The van der Waals surface area contributed by atoms with Crippen molar-refractivity contribution in [3.05, 3.63) is 0 Å². The van der Waals surface area contributed by atoms with Crippen LogP contribution in [0.25, 0.3) is 0 Å². The summed E-state index contributed by atoms with van der Waals surface area (Å²) in [5, 5.41) is 30.9. The fourth-order valence-electron chi connectivity index (χ4n) is 2.09. The van der Waals surface area contributed by atoms with Gasteiger partial charge in [-0.1, -0.05) is 0 Å². The molecule has 0 aromatic heterocycles. The molecule has 4 N–H and O–H groups in total. The Bertz CT molecular complexity index is 349. The second-order valence-electron chi connectivity index (χ2n) is 4.38. The van der Waals surface area contributed by atoms with E-state index < -0.39 is 37.2 Å². The molecule has 2 aliphatic heterocycles. The van der Waals surface area contributed by atoms with E-state index in [1.165, 1.54) is 0 Å².